The minimum absolute atomic E-state index is 0.180. The molecule has 2 N–H and O–H groups in total. The van der Waals surface area contributed by atoms with Crippen LogP contribution < -0.4 is 10.6 Å². The van der Waals surface area contributed by atoms with Crippen molar-refractivity contribution in [3.05, 3.63) is 64.1 Å². The summed E-state index contributed by atoms with van der Waals surface area (Å²) in [5, 5.41) is 5.98. The van der Waals surface area contributed by atoms with Crippen molar-refractivity contribution in [2.24, 2.45) is 0 Å². The Labute approximate surface area is 144 Å². The van der Waals surface area contributed by atoms with E-state index in [1.165, 1.54) is 0 Å². The van der Waals surface area contributed by atoms with Crippen LogP contribution in [0.5, 0.6) is 0 Å². The molecule has 0 aliphatic heterocycles. The summed E-state index contributed by atoms with van der Waals surface area (Å²) in [7, 11) is 0. The zero-order chi connectivity index (χ0) is 16.8. The molecule has 4 nitrogen and oxygen atoms in total. The van der Waals surface area contributed by atoms with Gasteiger partial charge in [0.1, 0.15) is 6.42 Å². The lowest BCUT2D eigenvalue weighted by molar-refractivity contribution is -0.127. The van der Waals surface area contributed by atoms with Crippen LogP contribution in [0.15, 0.2) is 48.5 Å². The number of hydrogen-bond donors (Lipinski definition) is 2. The number of hydrogen-bond acceptors (Lipinski definition) is 2. The van der Waals surface area contributed by atoms with Crippen molar-refractivity contribution in [3.63, 3.8) is 0 Å². The molecular weight excluding hydrogens is 335 g/mol. The molecule has 1 atom stereocenters. The molecule has 0 heterocycles. The molecule has 23 heavy (non-hydrogen) atoms. The predicted molar refractivity (Wildman–Crippen MR) is 92.7 cm³/mol. The Morgan fingerprint density at radius 1 is 0.957 bits per heavy atom. The summed E-state index contributed by atoms with van der Waals surface area (Å²) in [6, 6.07) is 14.2. The second-order valence-corrected chi connectivity index (χ2v) is 5.84. The molecule has 0 spiro atoms. The van der Waals surface area contributed by atoms with Gasteiger partial charge in [0.25, 0.3) is 0 Å². The third-order valence-corrected chi connectivity index (χ3v) is 3.86. The molecule has 0 aromatic heterocycles. The van der Waals surface area contributed by atoms with E-state index in [1.54, 1.807) is 18.2 Å². The minimum Gasteiger partial charge on any atom is -0.349 e. The van der Waals surface area contributed by atoms with Crippen molar-refractivity contribution in [1.82, 2.24) is 5.32 Å². The molecule has 2 aromatic rings. The maximum Gasteiger partial charge on any atom is 0.233 e. The maximum atomic E-state index is 12.0. The zero-order valence-electron chi connectivity index (χ0n) is 12.5. The molecule has 0 bridgehead atoms. The molecule has 0 fully saturated rings. The van der Waals surface area contributed by atoms with Gasteiger partial charge in [-0.2, -0.15) is 0 Å². The predicted octanol–water partition coefficient (Wildman–Crippen LogP) is 4.20. The fourth-order valence-electron chi connectivity index (χ4n) is 2.06. The van der Waals surface area contributed by atoms with Crippen LogP contribution in [0.4, 0.5) is 5.69 Å². The van der Waals surface area contributed by atoms with E-state index in [9.17, 15) is 9.59 Å². The Balaban J connectivity index is 1.91. The van der Waals surface area contributed by atoms with Gasteiger partial charge in [-0.25, -0.2) is 0 Å². The quantitative estimate of drug-likeness (QED) is 0.794. The highest BCUT2D eigenvalue weighted by molar-refractivity contribution is 6.39. The van der Waals surface area contributed by atoms with Gasteiger partial charge in [-0.05, 0) is 24.6 Å². The smallest absolute Gasteiger partial charge is 0.233 e. The van der Waals surface area contributed by atoms with Gasteiger partial charge in [-0.3, -0.25) is 9.59 Å². The van der Waals surface area contributed by atoms with E-state index < -0.39 is 5.91 Å². The lowest BCUT2D eigenvalue weighted by atomic mass is 10.1. The minimum atomic E-state index is -0.474. The monoisotopic (exact) mass is 350 g/mol. The van der Waals surface area contributed by atoms with E-state index in [1.807, 2.05) is 37.3 Å². The first kappa shape index (κ1) is 17.3. The van der Waals surface area contributed by atoms with Crippen LogP contribution in [-0.4, -0.2) is 11.8 Å². The average molecular weight is 351 g/mol. The lowest BCUT2D eigenvalue weighted by Crippen LogP contribution is -2.30. The molecule has 2 amide bonds. The van der Waals surface area contributed by atoms with Crippen molar-refractivity contribution >= 4 is 40.7 Å². The first-order chi connectivity index (χ1) is 11.0. The topological polar surface area (TPSA) is 58.2 Å². The van der Waals surface area contributed by atoms with E-state index in [2.05, 4.69) is 10.6 Å². The fraction of sp³-hybridized carbons (Fsp3) is 0.176. The Bertz CT molecular complexity index is 685. The van der Waals surface area contributed by atoms with Gasteiger partial charge >= 0.3 is 0 Å². The summed E-state index contributed by atoms with van der Waals surface area (Å²) in [5.41, 5.74) is 1.28. The second kappa shape index (κ2) is 7.99. The van der Waals surface area contributed by atoms with Crippen molar-refractivity contribution in [1.29, 1.82) is 0 Å². The highest BCUT2D eigenvalue weighted by Crippen LogP contribution is 2.29. The van der Waals surface area contributed by atoms with Crippen molar-refractivity contribution < 1.29 is 9.59 Å². The Kier molecular flexibility index (Phi) is 6.02. The molecule has 0 saturated heterocycles. The zero-order valence-corrected chi connectivity index (χ0v) is 14.0. The Morgan fingerprint density at radius 3 is 2.17 bits per heavy atom. The van der Waals surface area contributed by atoms with Gasteiger partial charge in [0.2, 0.25) is 11.8 Å². The fourth-order valence-corrected chi connectivity index (χ4v) is 2.56. The first-order valence-electron chi connectivity index (χ1n) is 7.05. The van der Waals surface area contributed by atoms with Gasteiger partial charge < -0.3 is 10.6 Å². The first-order valence-corrected chi connectivity index (χ1v) is 7.81. The van der Waals surface area contributed by atoms with Crippen LogP contribution in [0.2, 0.25) is 10.0 Å². The van der Waals surface area contributed by atoms with Crippen LogP contribution in [0, 0.1) is 0 Å². The standard InChI is InChI=1S/C17H16Cl2N2O2/c1-11(12-6-3-2-4-7-12)20-15(22)10-16(23)21-17-13(18)8-5-9-14(17)19/h2-9,11H,10H2,1H3,(H,20,22)(H,21,23). The third kappa shape index (κ3) is 4.98. The van der Waals surface area contributed by atoms with Crippen LogP contribution in [0.1, 0.15) is 24.9 Å². The molecule has 0 aliphatic carbocycles. The van der Waals surface area contributed by atoms with Crippen LogP contribution in [0.25, 0.3) is 0 Å². The molecule has 1 unspecified atom stereocenters. The molecule has 0 saturated carbocycles. The molecule has 0 aliphatic rings. The van der Waals surface area contributed by atoms with Crippen LogP contribution in [-0.2, 0) is 9.59 Å². The summed E-state index contributed by atoms with van der Waals surface area (Å²) < 4.78 is 0. The van der Waals surface area contributed by atoms with Gasteiger partial charge in [0.05, 0.1) is 21.8 Å². The number of halogens is 2. The van der Waals surface area contributed by atoms with Gasteiger partial charge in [-0.1, -0.05) is 59.6 Å². The number of para-hydroxylation sites is 1. The summed E-state index contributed by atoms with van der Waals surface area (Å²) in [6.45, 7) is 1.86. The van der Waals surface area contributed by atoms with Crippen molar-refractivity contribution in [3.8, 4) is 0 Å². The normalized spacial score (nSPS) is 11.6. The van der Waals surface area contributed by atoms with Crippen LogP contribution >= 0.6 is 23.2 Å². The number of carbonyl (C=O) groups excluding carboxylic acids is 2. The number of anilines is 1. The average Bonchev–Trinajstić information content (AvgIpc) is 2.51. The van der Waals surface area contributed by atoms with E-state index in [0.717, 1.165) is 5.56 Å². The summed E-state index contributed by atoms with van der Waals surface area (Å²) in [6.07, 6.45) is -0.307. The highest BCUT2D eigenvalue weighted by Gasteiger charge is 2.15. The molecule has 0 radical (unpaired) electrons. The second-order valence-electron chi connectivity index (χ2n) is 5.02. The van der Waals surface area contributed by atoms with Crippen molar-refractivity contribution in [2.75, 3.05) is 5.32 Å². The molecule has 6 heteroatoms. The molecule has 120 valence electrons. The number of rotatable bonds is 5. The summed E-state index contributed by atoms with van der Waals surface area (Å²) in [5.74, 6) is -0.847. The summed E-state index contributed by atoms with van der Waals surface area (Å²) >= 11 is 11.9. The SMILES string of the molecule is CC(NC(=O)CC(=O)Nc1c(Cl)cccc1Cl)c1ccccc1. The van der Waals surface area contributed by atoms with E-state index in [4.69, 9.17) is 23.2 Å². The molecular formula is C17H16Cl2N2O2. The van der Waals surface area contributed by atoms with Gasteiger partial charge in [-0.15, -0.1) is 0 Å². The van der Waals surface area contributed by atoms with E-state index >= 15 is 0 Å². The highest BCUT2D eigenvalue weighted by atomic mass is 35.5. The Morgan fingerprint density at radius 2 is 1.57 bits per heavy atom. The number of carbonyl (C=O) groups is 2. The molecule has 2 rings (SSSR count). The maximum absolute atomic E-state index is 12.0. The van der Waals surface area contributed by atoms with E-state index in [0.29, 0.717) is 15.7 Å². The summed E-state index contributed by atoms with van der Waals surface area (Å²) in [4.78, 5) is 23.9. The molecule has 2 aromatic carbocycles. The van der Waals surface area contributed by atoms with Crippen LogP contribution in [0.3, 0.4) is 0 Å². The largest absolute Gasteiger partial charge is 0.349 e. The number of amides is 2. The third-order valence-electron chi connectivity index (χ3n) is 3.23. The van der Waals surface area contributed by atoms with E-state index in [-0.39, 0.29) is 18.4 Å². The lowest BCUT2D eigenvalue weighted by Gasteiger charge is -2.14. The Hall–Kier alpha value is -2.04. The van der Waals surface area contributed by atoms with Gasteiger partial charge in [0, 0.05) is 0 Å². The number of benzene rings is 2. The van der Waals surface area contributed by atoms with Crippen molar-refractivity contribution in [2.45, 2.75) is 19.4 Å². The van der Waals surface area contributed by atoms with Gasteiger partial charge in [0.15, 0.2) is 0 Å². The number of nitrogens with one attached hydrogen (secondary N) is 2.